The van der Waals surface area contributed by atoms with Crippen molar-refractivity contribution >= 4 is 28.2 Å². The quantitative estimate of drug-likeness (QED) is 0.840. The predicted molar refractivity (Wildman–Crippen MR) is 61.3 cm³/mol. The molecule has 90 valence electrons. The van der Waals surface area contributed by atoms with Crippen molar-refractivity contribution in [3.63, 3.8) is 0 Å². The van der Waals surface area contributed by atoms with E-state index in [1.807, 2.05) is 0 Å². The number of alkyl halides is 3. The number of anilines is 1. The smallest absolute Gasteiger partial charge is 0.388 e. The molecule has 0 bridgehead atoms. The molecular weight excluding hydrogens is 253 g/mol. The second kappa shape index (κ2) is 4.07. The lowest BCUT2D eigenvalue weighted by Gasteiger charge is -2.11. The molecule has 0 spiro atoms. The highest BCUT2D eigenvalue weighted by Crippen LogP contribution is 2.33. The minimum atomic E-state index is -4.46. The first-order valence-corrected chi connectivity index (χ1v) is 5.15. The number of fused-ring (bicyclic) bond motifs is 1. The van der Waals surface area contributed by atoms with Gasteiger partial charge in [0.1, 0.15) is 5.69 Å². The molecule has 17 heavy (non-hydrogen) atoms. The maximum Gasteiger partial charge on any atom is 0.433 e. The van der Waals surface area contributed by atoms with Crippen LogP contribution in [0.3, 0.4) is 0 Å². The molecule has 2 aromatic rings. The van der Waals surface area contributed by atoms with Gasteiger partial charge in [0.25, 0.3) is 0 Å². The van der Waals surface area contributed by atoms with Crippen LogP contribution in [0.1, 0.15) is 5.69 Å². The Morgan fingerprint density at radius 3 is 2.53 bits per heavy atom. The maximum absolute atomic E-state index is 12.6. The minimum Gasteiger partial charge on any atom is -0.388 e. The highest BCUT2D eigenvalue weighted by Gasteiger charge is 2.33. The number of aromatic nitrogens is 1. The Morgan fingerprint density at radius 2 is 1.94 bits per heavy atom. The van der Waals surface area contributed by atoms with E-state index in [4.69, 9.17) is 11.6 Å². The van der Waals surface area contributed by atoms with Crippen molar-refractivity contribution in [2.75, 3.05) is 12.4 Å². The van der Waals surface area contributed by atoms with Crippen LogP contribution in [0, 0.1) is 0 Å². The molecule has 0 unspecified atom stereocenters. The molecule has 0 saturated carbocycles. The van der Waals surface area contributed by atoms with Crippen molar-refractivity contribution in [1.29, 1.82) is 0 Å². The standard InChI is InChI=1S/C11H8ClF3N2/c1-16-9-5-10(11(13,14)15)17-8-3-2-6(12)4-7(8)9/h2-5H,1H3,(H,16,17). The third-order valence-electron chi connectivity index (χ3n) is 2.33. The molecule has 1 aromatic carbocycles. The normalized spacial score (nSPS) is 11.8. The van der Waals surface area contributed by atoms with Gasteiger partial charge in [0.05, 0.1) is 5.52 Å². The Balaban J connectivity index is 2.75. The molecule has 0 saturated heterocycles. The molecule has 0 aliphatic heterocycles. The van der Waals surface area contributed by atoms with Gasteiger partial charge in [0.15, 0.2) is 0 Å². The molecule has 2 rings (SSSR count). The molecule has 0 radical (unpaired) electrons. The van der Waals surface area contributed by atoms with Crippen molar-refractivity contribution in [2.45, 2.75) is 6.18 Å². The van der Waals surface area contributed by atoms with E-state index in [2.05, 4.69) is 10.3 Å². The molecule has 1 aromatic heterocycles. The summed E-state index contributed by atoms with van der Waals surface area (Å²) in [6, 6.07) is 5.53. The zero-order valence-corrected chi connectivity index (χ0v) is 9.52. The van der Waals surface area contributed by atoms with Crippen molar-refractivity contribution in [2.24, 2.45) is 0 Å². The first-order chi connectivity index (χ1) is 7.91. The first-order valence-electron chi connectivity index (χ1n) is 4.77. The van der Waals surface area contributed by atoms with Crippen molar-refractivity contribution in [3.05, 3.63) is 35.0 Å². The molecular formula is C11H8ClF3N2. The zero-order chi connectivity index (χ0) is 12.6. The van der Waals surface area contributed by atoms with Gasteiger partial charge in [-0.1, -0.05) is 11.6 Å². The number of nitrogens with zero attached hydrogens (tertiary/aromatic N) is 1. The Bertz CT molecular complexity index is 566. The number of nitrogens with one attached hydrogen (secondary N) is 1. The largest absolute Gasteiger partial charge is 0.433 e. The molecule has 2 nitrogen and oxygen atoms in total. The lowest BCUT2D eigenvalue weighted by atomic mass is 10.1. The van der Waals surface area contributed by atoms with Crippen LogP contribution in [0.15, 0.2) is 24.3 Å². The zero-order valence-electron chi connectivity index (χ0n) is 8.77. The van der Waals surface area contributed by atoms with Gasteiger partial charge in [-0.05, 0) is 24.3 Å². The van der Waals surface area contributed by atoms with Crippen molar-refractivity contribution < 1.29 is 13.2 Å². The van der Waals surface area contributed by atoms with E-state index in [-0.39, 0.29) is 5.52 Å². The molecule has 0 amide bonds. The number of benzene rings is 1. The fourth-order valence-corrected chi connectivity index (χ4v) is 1.72. The van der Waals surface area contributed by atoms with Crippen molar-refractivity contribution in [3.8, 4) is 0 Å². The third-order valence-corrected chi connectivity index (χ3v) is 2.57. The summed E-state index contributed by atoms with van der Waals surface area (Å²) in [4.78, 5) is 3.57. The second-order valence-electron chi connectivity index (χ2n) is 3.46. The van der Waals surface area contributed by atoms with E-state index in [1.54, 1.807) is 13.1 Å². The van der Waals surface area contributed by atoms with Crippen LogP contribution < -0.4 is 5.32 Å². The summed E-state index contributed by atoms with van der Waals surface area (Å²) in [7, 11) is 1.55. The number of rotatable bonds is 1. The maximum atomic E-state index is 12.6. The van der Waals surface area contributed by atoms with Crippen LogP contribution >= 0.6 is 11.6 Å². The van der Waals surface area contributed by atoms with Crippen LogP contribution in [0.5, 0.6) is 0 Å². The van der Waals surface area contributed by atoms with E-state index in [0.29, 0.717) is 16.1 Å². The van der Waals surface area contributed by atoms with Gasteiger partial charge in [0.2, 0.25) is 0 Å². The predicted octanol–water partition coefficient (Wildman–Crippen LogP) is 3.95. The molecule has 1 heterocycles. The Morgan fingerprint density at radius 1 is 1.24 bits per heavy atom. The van der Waals surface area contributed by atoms with E-state index in [0.717, 1.165) is 6.07 Å². The van der Waals surface area contributed by atoms with Gasteiger partial charge in [-0.2, -0.15) is 13.2 Å². The topological polar surface area (TPSA) is 24.9 Å². The van der Waals surface area contributed by atoms with Gasteiger partial charge in [0, 0.05) is 23.1 Å². The molecule has 0 aliphatic carbocycles. The number of pyridine rings is 1. The number of hydrogen-bond acceptors (Lipinski definition) is 2. The van der Waals surface area contributed by atoms with E-state index in [9.17, 15) is 13.2 Å². The fourth-order valence-electron chi connectivity index (χ4n) is 1.55. The number of halogens is 4. The van der Waals surface area contributed by atoms with E-state index < -0.39 is 11.9 Å². The monoisotopic (exact) mass is 260 g/mol. The molecule has 0 aliphatic rings. The SMILES string of the molecule is CNc1cc(C(F)(F)F)nc2ccc(Cl)cc12. The summed E-state index contributed by atoms with van der Waals surface area (Å²) < 4.78 is 37.8. The van der Waals surface area contributed by atoms with E-state index in [1.165, 1.54) is 12.1 Å². The molecule has 0 atom stereocenters. The van der Waals surface area contributed by atoms with Crippen molar-refractivity contribution in [1.82, 2.24) is 4.98 Å². The Labute approximate surface area is 100 Å². The third kappa shape index (κ3) is 2.29. The highest BCUT2D eigenvalue weighted by molar-refractivity contribution is 6.31. The second-order valence-corrected chi connectivity index (χ2v) is 3.90. The van der Waals surface area contributed by atoms with Crippen LogP contribution in [-0.2, 0) is 6.18 Å². The highest BCUT2D eigenvalue weighted by atomic mass is 35.5. The Hall–Kier alpha value is -1.49. The Kier molecular flexibility index (Phi) is 2.87. The van der Waals surface area contributed by atoms with Gasteiger partial charge >= 0.3 is 6.18 Å². The lowest BCUT2D eigenvalue weighted by Crippen LogP contribution is -2.09. The summed E-state index contributed by atoms with van der Waals surface area (Å²) in [6.45, 7) is 0. The average molecular weight is 261 g/mol. The summed E-state index contributed by atoms with van der Waals surface area (Å²) >= 11 is 5.80. The summed E-state index contributed by atoms with van der Waals surface area (Å²) in [5.41, 5.74) is -0.310. The van der Waals surface area contributed by atoms with Gasteiger partial charge in [-0.3, -0.25) is 0 Å². The first kappa shape index (κ1) is 12.0. The van der Waals surface area contributed by atoms with Gasteiger partial charge in [-0.25, -0.2) is 4.98 Å². The molecule has 1 N–H and O–H groups in total. The fraction of sp³-hybridized carbons (Fsp3) is 0.182. The minimum absolute atomic E-state index is 0.258. The van der Waals surface area contributed by atoms with E-state index >= 15 is 0 Å². The summed E-state index contributed by atoms with van der Waals surface area (Å²) in [5, 5.41) is 3.73. The van der Waals surface area contributed by atoms with Gasteiger partial charge < -0.3 is 5.32 Å². The van der Waals surface area contributed by atoms with Crippen LogP contribution in [0.2, 0.25) is 5.02 Å². The van der Waals surface area contributed by atoms with Gasteiger partial charge in [-0.15, -0.1) is 0 Å². The lowest BCUT2D eigenvalue weighted by molar-refractivity contribution is -0.140. The number of hydrogen-bond donors (Lipinski definition) is 1. The van der Waals surface area contributed by atoms with Crippen LogP contribution in [0.4, 0.5) is 18.9 Å². The summed E-state index contributed by atoms with van der Waals surface area (Å²) in [5.74, 6) is 0. The molecule has 0 fully saturated rings. The average Bonchev–Trinajstić information content (AvgIpc) is 2.26. The molecule has 6 heteroatoms. The summed E-state index contributed by atoms with van der Waals surface area (Å²) in [6.07, 6.45) is -4.46. The van der Waals surface area contributed by atoms with Crippen LogP contribution in [0.25, 0.3) is 10.9 Å². The van der Waals surface area contributed by atoms with Crippen LogP contribution in [-0.4, -0.2) is 12.0 Å².